The van der Waals surface area contributed by atoms with Crippen LogP contribution in [-0.2, 0) is 19.2 Å². The fraction of sp³-hybridized carbons (Fsp3) is 0.814. The number of terminal acetylenes is 1. The second-order valence-electron chi connectivity index (χ2n) is 18.3. The highest BCUT2D eigenvalue weighted by atomic mass is 32.2. The van der Waals surface area contributed by atoms with Crippen LogP contribution in [0.25, 0.3) is 0 Å². The Kier molecular flexibility index (Phi) is 12.1. The minimum atomic E-state index is -0.650. The number of thioether (sulfide) groups is 1. The number of allylic oxidation sites excluding steroid dienone is 1. The van der Waals surface area contributed by atoms with Crippen LogP contribution in [-0.4, -0.2) is 67.9 Å². The Labute approximate surface area is 316 Å². The van der Waals surface area contributed by atoms with E-state index in [9.17, 15) is 29.4 Å². The van der Waals surface area contributed by atoms with E-state index in [4.69, 9.17) is 6.42 Å². The van der Waals surface area contributed by atoms with Crippen LogP contribution in [0.2, 0.25) is 0 Å². The van der Waals surface area contributed by atoms with Gasteiger partial charge in [0, 0.05) is 37.9 Å². The number of carbonyl (C=O) groups excluding carboxylic acids is 4. The molecule has 52 heavy (non-hydrogen) atoms. The number of rotatable bonds is 14. The average Bonchev–Trinajstić information content (AvgIpc) is 3.46. The van der Waals surface area contributed by atoms with Crippen LogP contribution in [0.1, 0.15) is 137 Å². The first-order valence-corrected chi connectivity index (χ1v) is 21.6. The quantitative estimate of drug-likeness (QED) is 0.132. The zero-order valence-electron chi connectivity index (χ0n) is 32.3. The van der Waals surface area contributed by atoms with Gasteiger partial charge in [-0.15, -0.1) is 24.1 Å². The Morgan fingerprint density at radius 1 is 1.04 bits per heavy atom. The van der Waals surface area contributed by atoms with Crippen LogP contribution in [0.3, 0.4) is 0 Å². The first kappa shape index (κ1) is 39.5. The standard InChI is InChI=1S/C43H64N2O6S/c1-7-9-11-29(46)20-27(10-8-2)21-35(49)39-26(4)24-52-41-38(40(51)45(39)41)44-36(50)15-12-25(3)31-13-14-32-37-33(17-19-43(31,32)6)42(5)18-16-30(47)22-28(42)23-34(37)48/h2,25,27-28,30-34,37-38,41,47-48H,7,9-24H2,1,3-6H3,(H,44,50). The number of unbranched alkanes of at least 4 members (excludes halogenated alkanes) is 1. The number of fused-ring (bicyclic) bond motifs is 6. The van der Waals surface area contributed by atoms with E-state index in [1.165, 1.54) is 0 Å². The Morgan fingerprint density at radius 2 is 1.77 bits per heavy atom. The predicted molar refractivity (Wildman–Crippen MR) is 204 cm³/mol. The first-order valence-electron chi connectivity index (χ1n) is 20.5. The molecule has 0 radical (unpaired) electrons. The molecule has 6 rings (SSSR count). The Bertz CT molecular complexity index is 1470. The molecule has 5 fully saturated rings. The molecule has 4 saturated carbocycles. The molecule has 2 heterocycles. The molecule has 1 saturated heterocycles. The Morgan fingerprint density at radius 3 is 2.50 bits per heavy atom. The van der Waals surface area contributed by atoms with Crippen molar-refractivity contribution in [3.63, 3.8) is 0 Å². The maximum atomic E-state index is 13.6. The molecule has 0 spiro atoms. The maximum Gasteiger partial charge on any atom is 0.253 e. The van der Waals surface area contributed by atoms with Gasteiger partial charge in [0.1, 0.15) is 17.2 Å². The van der Waals surface area contributed by atoms with Crippen molar-refractivity contribution in [2.45, 2.75) is 161 Å². The number of carbonyl (C=O) groups is 4. The van der Waals surface area contributed by atoms with Crippen molar-refractivity contribution >= 4 is 35.1 Å². The fourth-order valence-electron chi connectivity index (χ4n) is 12.4. The van der Waals surface area contributed by atoms with E-state index < -0.39 is 6.04 Å². The molecule has 4 aliphatic carbocycles. The van der Waals surface area contributed by atoms with Crippen molar-refractivity contribution in [3.05, 3.63) is 11.3 Å². The Balaban J connectivity index is 1.02. The highest BCUT2D eigenvalue weighted by Crippen LogP contribution is 2.68. The van der Waals surface area contributed by atoms with Gasteiger partial charge < -0.3 is 15.5 Å². The van der Waals surface area contributed by atoms with Crippen molar-refractivity contribution < 1.29 is 29.4 Å². The van der Waals surface area contributed by atoms with Crippen LogP contribution >= 0.6 is 11.8 Å². The molecular formula is C43H64N2O6S. The second kappa shape index (κ2) is 15.9. The van der Waals surface area contributed by atoms with Gasteiger partial charge >= 0.3 is 0 Å². The largest absolute Gasteiger partial charge is 0.393 e. The smallest absolute Gasteiger partial charge is 0.253 e. The van der Waals surface area contributed by atoms with Crippen molar-refractivity contribution in [3.8, 4) is 12.3 Å². The summed E-state index contributed by atoms with van der Waals surface area (Å²) in [7, 11) is 0. The molecule has 0 aromatic rings. The molecule has 13 unspecified atom stereocenters. The first-order chi connectivity index (χ1) is 24.7. The number of ketones is 2. The van der Waals surface area contributed by atoms with Gasteiger partial charge in [0.2, 0.25) is 5.91 Å². The molecule has 6 aliphatic rings. The monoisotopic (exact) mass is 736 g/mol. The van der Waals surface area contributed by atoms with Crippen LogP contribution < -0.4 is 5.32 Å². The zero-order valence-corrected chi connectivity index (χ0v) is 33.1. The van der Waals surface area contributed by atoms with Gasteiger partial charge in [-0.25, -0.2) is 0 Å². The number of aliphatic hydroxyl groups is 2. The lowest BCUT2D eigenvalue weighted by molar-refractivity contribution is -0.174. The molecular weight excluding hydrogens is 673 g/mol. The summed E-state index contributed by atoms with van der Waals surface area (Å²) in [6, 6.07) is -0.650. The molecule has 0 bridgehead atoms. The average molecular weight is 737 g/mol. The van der Waals surface area contributed by atoms with Crippen LogP contribution in [0.5, 0.6) is 0 Å². The minimum absolute atomic E-state index is 0.117. The summed E-state index contributed by atoms with van der Waals surface area (Å²) in [6.45, 7) is 11.1. The lowest BCUT2D eigenvalue weighted by Crippen LogP contribution is -2.70. The number of hydrogen-bond acceptors (Lipinski definition) is 7. The van der Waals surface area contributed by atoms with Crippen LogP contribution in [0, 0.1) is 64.6 Å². The number of aliphatic hydroxyl groups excluding tert-OH is 2. The van der Waals surface area contributed by atoms with Crippen molar-refractivity contribution in [2.75, 3.05) is 5.75 Å². The third-order valence-corrected chi connectivity index (χ3v) is 16.6. The van der Waals surface area contributed by atoms with Gasteiger partial charge in [-0.1, -0.05) is 34.1 Å². The van der Waals surface area contributed by atoms with Crippen LogP contribution in [0.4, 0.5) is 0 Å². The summed E-state index contributed by atoms with van der Waals surface area (Å²) in [5.41, 5.74) is 1.62. The molecule has 2 aliphatic heterocycles. The molecule has 0 aromatic heterocycles. The van der Waals surface area contributed by atoms with E-state index in [1.54, 1.807) is 16.7 Å². The molecule has 13 atom stereocenters. The third-order valence-electron chi connectivity index (χ3n) is 15.2. The number of amides is 2. The third kappa shape index (κ3) is 7.31. The summed E-state index contributed by atoms with van der Waals surface area (Å²) >= 11 is 1.58. The number of nitrogens with zero attached hydrogens (tertiary/aromatic N) is 1. The predicted octanol–water partition coefficient (Wildman–Crippen LogP) is 6.82. The number of β-lactam (4-membered cyclic amide) rings is 1. The SMILES string of the molecule is C#CCC(CC(=O)CCCC)CC(=O)C1=C(C)CSC2C(NC(=O)CCC(C)C3CCC4C5C(O)CC6CC(O)CCC6(C)C5CCC34C)C(=O)N12. The topological polar surface area (TPSA) is 124 Å². The lowest BCUT2D eigenvalue weighted by atomic mass is 9.43. The van der Waals surface area contributed by atoms with Gasteiger partial charge in [-0.3, -0.25) is 24.1 Å². The summed E-state index contributed by atoms with van der Waals surface area (Å²) < 4.78 is 0. The maximum absolute atomic E-state index is 13.6. The van der Waals surface area contributed by atoms with Crippen LogP contribution in [0.15, 0.2) is 11.3 Å². The Hall–Kier alpha value is -2.15. The van der Waals surface area contributed by atoms with Gasteiger partial charge in [-0.05, 0) is 129 Å². The zero-order chi connectivity index (χ0) is 37.5. The van der Waals surface area contributed by atoms with E-state index in [0.717, 1.165) is 76.2 Å². The van der Waals surface area contributed by atoms with E-state index >= 15 is 0 Å². The van der Waals surface area contributed by atoms with Gasteiger partial charge in [0.05, 0.1) is 17.9 Å². The van der Waals surface area contributed by atoms with Crippen molar-refractivity contribution in [2.24, 2.45) is 52.3 Å². The lowest BCUT2D eigenvalue weighted by Gasteiger charge is -2.62. The molecule has 0 aromatic carbocycles. The highest BCUT2D eigenvalue weighted by Gasteiger charge is 2.63. The second-order valence-corrected chi connectivity index (χ2v) is 19.4. The van der Waals surface area contributed by atoms with Crippen molar-refractivity contribution in [1.29, 1.82) is 0 Å². The fourth-order valence-corrected chi connectivity index (χ4v) is 13.7. The van der Waals surface area contributed by atoms with Gasteiger partial charge in [-0.2, -0.15) is 0 Å². The molecule has 9 heteroatoms. The molecule has 8 nitrogen and oxygen atoms in total. The van der Waals surface area contributed by atoms with E-state index in [0.29, 0.717) is 66.2 Å². The highest BCUT2D eigenvalue weighted by molar-refractivity contribution is 8.00. The van der Waals surface area contributed by atoms with E-state index in [2.05, 4.69) is 32.0 Å². The van der Waals surface area contributed by atoms with Crippen molar-refractivity contribution in [1.82, 2.24) is 10.2 Å². The summed E-state index contributed by atoms with van der Waals surface area (Å²) in [5.74, 6) is 5.18. The summed E-state index contributed by atoms with van der Waals surface area (Å²) in [6.07, 6.45) is 17.4. The summed E-state index contributed by atoms with van der Waals surface area (Å²) in [4.78, 5) is 54.6. The molecule has 3 N–H and O–H groups in total. The van der Waals surface area contributed by atoms with Gasteiger partial charge in [0.25, 0.3) is 5.91 Å². The number of hydrogen-bond donors (Lipinski definition) is 3. The number of Topliss-reactive ketones (excluding diaryl/α,β-unsaturated/α-hetero) is 2. The minimum Gasteiger partial charge on any atom is -0.393 e. The van der Waals surface area contributed by atoms with E-state index in [-0.39, 0.29) is 70.6 Å². The number of nitrogens with one attached hydrogen (secondary N) is 1. The summed E-state index contributed by atoms with van der Waals surface area (Å²) in [5, 5.41) is 24.7. The van der Waals surface area contributed by atoms with Gasteiger partial charge in [0.15, 0.2) is 5.78 Å². The molecule has 2 amide bonds. The molecule has 288 valence electrons. The normalized spacial score (nSPS) is 39.2. The van der Waals surface area contributed by atoms with E-state index in [1.807, 2.05) is 13.8 Å².